The Morgan fingerprint density at radius 1 is 1.38 bits per heavy atom. The molecule has 29 heavy (non-hydrogen) atoms. The molecule has 1 aliphatic rings. The Hall–Kier alpha value is -2.68. The molecule has 0 bridgehead atoms. The van der Waals surface area contributed by atoms with Crippen LogP contribution >= 0.6 is 12.2 Å². The van der Waals surface area contributed by atoms with Gasteiger partial charge >= 0.3 is 5.97 Å². The van der Waals surface area contributed by atoms with Crippen LogP contribution in [0.2, 0.25) is 0 Å². The number of rotatable bonds is 7. The van der Waals surface area contributed by atoms with E-state index >= 15 is 0 Å². The van der Waals surface area contributed by atoms with Gasteiger partial charge in [-0.25, -0.2) is 0 Å². The number of nitrogens with one attached hydrogen (secondary N) is 2. The van der Waals surface area contributed by atoms with Crippen molar-refractivity contribution in [1.29, 1.82) is 0 Å². The smallest absolute Gasteiger partial charge is 0.308 e. The van der Waals surface area contributed by atoms with Crippen LogP contribution < -0.4 is 15.4 Å². The van der Waals surface area contributed by atoms with E-state index in [1.165, 1.54) is 0 Å². The highest BCUT2D eigenvalue weighted by atomic mass is 32.1. The lowest BCUT2D eigenvalue weighted by Crippen LogP contribution is -2.60. The van der Waals surface area contributed by atoms with E-state index in [0.29, 0.717) is 31.0 Å². The molecule has 158 valence electrons. The molecule has 1 unspecified atom stereocenters. The fraction of sp³-hybridized carbons (Fsp3) is 0.500. The standard InChI is InChI=1S/C20H27N3O5S/c1-4-27-15-7-5-6-14(10-15)18(25)22-20(29)23-9-8-21-19(26)16(23)11-17(24)28-12-13(2)3/h5-7,10,13,16H,4,8-9,11-12H2,1-3H3,(H,21,26)(H,22,25,29). The van der Waals surface area contributed by atoms with Gasteiger partial charge in [0.25, 0.3) is 5.91 Å². The molecular formula is C20H27N3O5S. The highest BCUT2D eigenvalue weighted by Gasteiger charge is 2.34. The number of thiocarbonyl (C=S) groups is 1. The van der Waals surface area contributed by atoms with E-state index in [0.717, 1.165) is 0 Å². The molecule has 1 heterocycles. The number of ether oxygens (including phenoxy) is 2. The first kappa shape index (κ1) is 22.6. The maximum absolute atomic E-state index is 12.6. The molecule has 1 saturated heterocycles. The van der Waals surface area contributed by atoms with Crippen molar-refractivity contribution in [2.45, 2.75) is 33.2 Å². The highest BCUT2D eigenvalue weighted by molar-refractivity contribution is 7.80. The van der Waals surface area contributed by atoms with Crippen molar-refractivity contribution in [1.82, 2.24) is 15.5 Å². The van der Waals surface area contributed by atoms with Gasteiger partial charge in [-0.1, -0.05) is 19.9 Å². The number of esters is 1. The average Bonchev–Trinajstić information content (AvgIpc) is 2.68. The Balaban J connectivity index is 2.04. The first-order valence-electron chi connectivity index (χ1n) is 9.60. The van der Waals surface area contributed by atoms with Crippen molar-refractivity contribution >= 4 is 35.1 Å². The van der Waals surface area contributed by atoms with E-state index in [-0.39, 0.29) is 30.0 Å². The van der Waals surface area contributed by atoms with Crippen molar-refractivity contribution in [2.24, 2.45) is 5.92 Å². The monoisotopic (exact) mass is 421 g/mol. The Kier molecular flexibility index (Phi) is 8.38. The zero-order chi connectivity index (χ0) is 21.4. The van der Waals surface area contributed by atoms with Crippen molar-refractivity contribution in [3.63, 3.8) is 0 Å². The molecule has 0 saturated carbocycles. The number of hydrogen-bond donors (Lipinski definition) is 2. The van der Waals surface area contributed by atoms with Crippen molar-refractivity contribution in [2.75, 3.05) is 26.3 Å². The van der Waals surface area contributed by atoms with Gasteiger partial charge in [-0.05, 0) is 43.3 Å². The Bertz CT molecular complexity index is 768. The van der Waals surface area contributed by atoms with Gasteiger partial charge in [0.2, 0.25) is 5.91 Å². The van der Waals surface area contributed by atoms with E-state index in [4.69, 9.17) is 21.7 Å². The van der Waals surface area contributed by atoms with Crippen LogP contribution in [0.25, 0.3) is 0 Å². The molecule has 2 amide bonds. The number of amides is 2. The van der Waals surface area contributed by atoms with Crippen LogP contribution in [0.3, 0.4) is 0 Å². The van der Waals surface area contributed by atoms with Crippen molar-refractivity contribution in [3.05, 3.63) is 29.8 Å². The number of piperazine rings is 1. The quantitative estimate of drug-likeness (QED) is 0.509. The van der Waals surface area contributed by atoms with E-state index in [9.17, 15) is 14.4 Å². The molecular weight excluding hydrogens is 394 g/mol. The van der Waals surface area contributed by atoms with Crippen molar-refractivity contribution < 1.29 is 23.9 Å². The summed E-state index contributed by atoms with van der Waals surface area (Å²) in [6.45, 7) is 7.23. The summed E-state index contributed by atoms with van der Waals surface area (Å²) in [5.74, 6) is -0.446. The molecule has 0 radical (unpaired) electrons. The summed E-state index contributed by atoms with van der Waals surface area (Å²) in [6, 6.07) is 5.90. The minimum atomic E-state index is -0.828. The Morgan fingerprint density at radius 2 is 2.14 bits per heavy atom. The van der Waals surface area contributed by atoms with E-state index < -0.39 is 17.9 Å². The number of carbonyl (C=O) groups excluding carboxylic acids is 3. The zero-order valence-corrected chi connectivity index (χ0v) is 17.7. The fourth-order valence-corrected chi connectivity index (χ4v) is 3.08. The van der Waals surface area contributed by atoms with E-state index in [1.807, 2.05) is 20.8 Å². The summed E-state index contributed by atoms with van der Waals surface area (Å²) in [5.41, 5.74) is 0.382. The Labute approximate surface area is 175 Å². The lowest BCUT2D eigenvalue weighted by molar-refractivity contribution is -0.148. The molecule has 1 aliphatic heterocycles. The van der Waals surface area contributed by atoms with Gasteiger partial charge in [0.05, 0.1) is 19.6 Å². The third kappa shape index (κ3) is 6.70. The molecule has 0 aliphatic carbocycles. The summed E-state index contributed by atoms with van der Waals surface area (Å²) in [6.07, 6.45) is -0.144. The molecule has 1 atom stereocenters. The van der Waals surface area contributed by atoms with E-state index in [2.05, 4.69) is 10.6 Å². The Morgan fingerprint density at radius 3 is 2.83 bits per heavy atom. The molecule has 8 nitrogen and oxygen atoms in total. The van der Waals surface area contributed by atoms with Gasteiger partial charge in [0.1, 0.15) is 11.8 Å². The predicted molar refractivity (Wildman–Crippen MR) is 112 cm³/mol. The SMILES string of the molecule is CCOc1cccc(C(=O)NC(=S)N2CCNC(=O)C2CC(=O)OCC(C)C)c1. The minimum absolute atomic E-state index is 0.0910. The summed E-state index contributed by atoms with van der Waals surface area (Å²) in [7, 11) is 0. The van der Waals surface area contributed by atoms with Gasteiger partial charge in [-0.15, -0.1) is 0 Å². The maximum Gasteiger partial charge on any atom is 0.308 e. The van der Waals surface area contributed by atoms with Crippen LogP contribution in [-0.4, -0.2) is 60.1 Å². The van der Waals surface area contributed by atoms with E-state index in [1.54, 1.807) is 29.2 Å². The molecule has 1 aromatic carbocycles. The zero-order valence-electron chi connectivity index (χ0n) is 16.9. The summed E-state index contributed by atoms with van der Waals surface area (Å²) < 4.78 is 10.6. The van der Waals surface area contributed by atoms with Crippen LogP contribution in [0.15, 0.2) is 24.3 Å². The van der Waals surface area contributed by atoms with Gasteiger partial charge < -0.3 is 19.7 Å². The topological polar surface area (TPSA) is 97.0 Å². The van der Waals surface area contributed by atoms with Crippen LogP contribution in [0.5, 0.6) is 5.75 Å². The first-order chi connectivity index (χ1) is 13.8. The molecule has 1 aromatic rings. The van der Waals surface area contributed by atoms with Crippen LogP contribution in [0.1, 0.15) is 37.6 Å². The van der Waals surface area contributed by atoms with Gasteiger partial charge in [-0.2, -0.15) is 0 Å². The minimum Gasteiger partial charge on any atom is -0.494 e. The summed E-state index contributed by atoms with van der Waals surface area (Å²) in [5, 5.41) is 5.45. The molecule has 0 aromatic heterocycles. The third-order valence-corrected chi connectivity index (χ3v) is 4.49. The summed E-state index contributed by atoms with van der Waals surface area (Å²) >= 11 is 5.35. The number of hydrogen-bond acceptors (Lipinski definition) is 6. The normalized spacial score (nSPS) is 16.2. The van der Waals surface area contributed by atoms with Crippen LogP contribution in [0, 0.1) is 5.92 Å². The largest absolute Gasteiger partial charge is 0.494 e. The lowest BCUT2D eigenvalue weighted by atomic mass is 10.1. The van der Waals surface area contributed by atoms with Crippen molar-refractivity contribution in [3.8, 4) is 5.75 Å². The van der Waals surface area contributed by atoms with Gasteiger partial charge in [0.15, 0.2) is 5.11 Å². The number of benzene rings is 1. The average molecular weight is 422 g/mol. The van der Waals surface area contributed by atoms with Crippen LogP contribution in [-0.2, 0) is 14.3 Å². The second kappa shape index (κ2) is 10.8. The number of carbonyl (C=O) groups is 3. The van der Waals surface area contributed by atoms with Gasteiger partial charge in [-0.3, -0.25) is 19.7 Å². The first-order valence-corrected chi connectivity index (χ1v) is 10.0. The fourth-order valence-electron chi connectivity index (χ4n) is 2.77. The predicted octanol–water partition coefficient (Wildman–Crippen LogP) is 1.49. The molecule has 2 N–H and O–H groups in total. The van der Waals surface area contributed by atoms with Crippen LogP contribution in [0.4, 0.5) is 0 Å². The highest BCUT2D eigenvalue weighted by Crippen LogP contribution is 2.15. The third-order valence-electron chi connectivity index (χ3n) is 4.16. The second-order valence-electron chi connectivity index (χ2n) is 7.00. The molecule has 9 heteroatoms. The molecule has 0 spiro atoms. The lowest BCUT2D eigenvalue weighted by Gasteiger charge is -2.36. The maximum atomic E-state index is 12.6. The molecule has 1 fully saturated rings. The second-order valence-corrected chi connectivity index (χ2v) is 7.39. The summed E-state index contributed by atoms with van der Waals surface area (Å²) in [4.78, 5) is 38.5. The number of nitrogens with zero attached hydrogens (tertiary/aromatic N) is 1. The molecule has 2 rings (SSSR count). The van der Waals surface area contributed by atoms with Gasteiger partial charge in [0, 0.05) is 18.7 Å².